The summed E-state index contributed by atoms with van der Waals surface area (Å²) in [6.07, 6.45) is 1.72. The van der Waals surface area contributed by atoms with Gasteiger partial charge in [0.2, 0.25) is 11.8 Å². The minimum absolute atomic E-state index is 0.362. The molecule has 2 aromatic rings. The lowest BCUT2D eigenvalue weighted by Crippen LogP contribution is -2.25. The van der Waals surface area contributed by atoms with E-state index in [-0.39, 0.29) is 0 Å². The van der Waals surface area contributed by atoms with Gasteiger partial charge >= 0.3 is 5.97 Å². The van der Waals surface area contributed by atoms with Crippen molar-refractivity contribution in [2.75, 3.05) is 0 Å². The molecule has 0 aliphatic heterocycles. The summed E-state index contributed by atoms with van der Waals surface area (Å²) in [5.41, 5.74) is 5.95. The second-order valence-corrected chi connectivity index (χ2v) is 3.44. The highest BCUT2D eigenvalue weighted by Crippen LogP contribution is 2.27. The van der Waals surface area contributed by atoms with Gasteiger partial charge in [0.25, 0.3) is 5.91 Å². The van der Waals surface area contributed by atoms with Crippen LogP contribution in [0.25, 0.3) is 11.1 Å². The van der Waals surface area contributed by atoms with Gasteiger partial charge in [0.1, 0.15) is 6.26 Å². The Labute approximate surface area is 96.4 Å². The second-order valence-electron chi connectivity index (χ2n) is 3.44. The van der Waals surface area contributed by atoms with E-state index < -0.39 is 18.0 Å². The second kappa shape index (κ2) is 4.25. The molecule has 2 rings (SSSR count). The zero-order valence-electron chi connectivity index (χ0n) is 9.04. The Bertz CT molecular complexity index is 576. The van der Waals surface area contributed by atoms with Crippen LogP contribution in [-0.4, -0.2) is 16.9 Å². The zero-order valence-corrected chi connectivity index (χ0v) is 9.04. The quantitative estimate of drug-likeness (QED) is 0.796. The summed E-state index contributed by atoms with van der Waals surface area (Å²) in [5, 5.41) is 0.595. The highest BCUT2D eigenvalue weighted by atomic mass is 16.5. The largest absolute Gasteiger partial charge is 0.447 e. The molecule has 0 saturated carbocycles. The van der Waals surface area contributed by atoms with Crippen LogP contribution in [0.3, 0.4) is 0 Å². The number of primary amides is 1. The summed E-state index contributed by atoms with van der Waals surface area (Å²) < 4.78 is 10.0. The van der Waals surface area contributed by atoms with E-state index in [1.165, 1.54) is 13.2 Å². The molecule has 0 fully saturated rings. The van der Waals surface area contributed by atoms with Crippen molar-refractivity contribution in [3.8, 4) is 0 Å². The molecule has 6 heteroatoms. The van der Waals surface area contributed by atoms with Gasteiger partial charge in [-0.25, -0.2) is 4.98 Å². The maximum absolute atomic E-state index is 11.3. The molecule has 0 aromatic carbocycles. The van der Waals surface area contributed by atoms with Crippen LogP contribution in [0.5, 0.6) is 0 Å². The molecule has 0 bridgehead atoms. The first-order chi connectivity index (χ1) is 8.09. The molecule has 1 amide bonds. The van der Waals surface area contributed by atoms with Gasteiger partial charge in [0.05, 0.1) is 0 Å². The van der Waals surface area contributed by atoms with Crippen molar-refractivity contribution in [3.05, 3.63) is 30.2 Å². The molecule has 0 aliphatic carbocycles. The minimum atomic E-state index is -1.15. The fourth-order valence-electron chi connectivity index (χ4n) is 1.53. The monoisotopic (exact) mass is 234 g/mol. The predicted molar refractivity (Wildman–Crippen MR) is 57.7 cm³/mol. The van der Waals surface area contributed by atoms with Gasteiger partial charge in [-0.1, -0.05) is 0 Å². The van der Waals surface area contributed by atoms with Crippen molar-refractivity contribution in [2.45, 2.75) is 13.0 Å². The minimum Gasteiger partial charge on any atom is -0.447 e. The molecule has 2 N–H and O–H groups in total. The SMILES string of the molecule is CC(=O)OC(C(N)=O)c1coc2ncccc12. The number of pyridine rings is 1. The van der Waals surface area contributed by atoms with Crippen molar-refractivity contribution < 1.29 is 18.7 Å². The number of ether oxygens (including phenoxy) is 1. The number of rotatable bonds is 3. The van der Waals surface area contributed by atoms with Gasteiger partial charge in [-0.05, 0) is 12.1 Å². The molecular formula is C11H10N2O4. The maximum atomic E-state index is 11.3. The summed E-state index contributed by atoms with van der Waals surface area (Å²) in [6, 6.07) is 3.40. The van der Waals surface area contributed by atoms with Crippen molar-refractivity contribution in [3.63, 3.8) is 0 Å². The van der Waals surface area contributed by atoms with Gasteiger partial charge in [-0.3, -0.25) is 9.59 Å². The van der Waals surface area contributed by atoms with Crippen molar-refractivity contribution in [2.24, 2.45) is 5.73 Å². The smallest absolute Gasteiger partial charge is 0.303 e. The first-order valence-electron chi connectivity index (χ1n) is 4.88. The number of nitrogens with two attached hydrogens (primary N) is 1. The van der Waals surface area contributed by atoms with Crippen molar-refractivity contribution >= 4 is 23.0 Å². The number of hydrogen-bond acceptors (Lipinski definition) is 5. The molecule has 6 nitrogen and oxygen atoms in total. The Balaban J connectivity index is 2.48. The number of carbonyl (C=O) groups is 2. The van der Waals surface area contributed by atoms with E-state index in [0.29, 0.717) is 16.7 Å². The lowest BCUT2D eigenvalue weighted by Gasteiger charge is -2.11. The van der Waals surface area contributed by atoms with Gasteiger partial charge in [0, 0.05) is 24.1 Å². The van der Waals surface area contributed by atoms with E-state index >= 15 is 0 Å². The molecule has 1 atom stereocenters. The van der Waals surface area contributed by atoms with E-state index in [1.54, 1.807) is 18.3 Å². The predicted octanol–water partition coefficient (Wildman–Crippen LogP) is 0.917. The summed E-state index contributed by atoms with van der Waals surface area (Å²) >= 11 is 0. The van der Waals surface area contributed by atoms with E-state index in [4.69, 9.17) is 14.9 Å². The van der Waals surface area contributed by atoms with Gasteiger partial charge < -0.3 is 14.9 Å². The molecule has 2 aromatic heterocycles. The molecular weight excluding hydrogens is 224 g/mol. The Morgan fingerprint density at radius 2 is 2.29 bits per heavy atom. The van der Waals surface area contributed by atoms with Crippen LogP contribution in [0.2, 0.25) is 0 Å². The number of nitrogens with zero attached hydrogens (tertiary/aromatic N) is 1. The van der Waals surface area contributed by atoms with Crippen LogP contribution in [-0.2, 0) is 14.3 Å². The number of esters is 1. The van der Waals surface area contributed by atoms with Gasteiger partial charge in [-0.15, -0.1) is 0 Å². The summed E-state index contributed by atoms with van der Waals surface area (Å²) in [7, 11) is 0. The Morgan fingerprint density at radius 3 is 2.94 bits per heavy atom. The van der Waals surface area contributed by atoms with E-state index in [2.05, 4.69) is 4.98 Å². The Hall–Kier alpha value is -2.37. The maximum Gasteiger partial charge on any atom is 0.303 e. The topological polar surface area (TPSA) is 95.4 Å². The van der Waals surface area contributed by atoms with Crippen LogP contribution in [0.4, 0.5) is 0 Å². The molecule has 17 heavy (non-hydrogen) atoms. The number of furan rings is 1. The fraction of sp³-hybridized carbons (Fsp3) is 0.182. The van der Waals surface area contributed by atoms with Crippen LogP contribution in [0.1, 0.15) is 18.6 Å². The Morgan fingerprint density at radius 1 is 1.53 bits per heavy atom. The van der Waals surface area contributed by atoms with Crippen LogP contribution < -0.4 is 5.73 Å². The Kier molecular flexibility index (Phi) is 2.78. The summed E-state index contributed by atoms with van der Waals surface area (Å²) in [4.78, 5) is 26.1. The highest BCUT2D eigenvalue weighted by Gasteiger charge is 2.25. The molecule has 0 spiro atoms. The molecule has 0 saturated heterocycles. The molecule has 2 heterocycles. The average Bonchev–Trinajstić information content (AvgIpc) is 2.69. The number of carbonyl (C=O) groups excluding carboxylic acids is 2. The average molecular weight is 234 g/mol. The van der Waals surface area contributed by atoms with E-state index in [0.717, 1.165) is 0 Å². The fourth-order valence-corrected chi connectivity index (χ4v) is 1.53. The number of amides is 1. The standard InChI is InChI=1S/C11H10N2O4/c1-6(14)17-9(10(12)15)8-5-16-11-7(8)3-2-4-13-11/h2-5,9H,1H3,(H2,12,15). The lowest BCUT2D eigenvalue weighted by atomic mass is 10.1. The molecule has 0 radical (unpaired) electrons. The third-order valence-electron chi connectivity index (χ3n) is 2.20. The molecule has 88 valence electrons. The van der Waals surface area contributed by atoms with Crippen LogP contribution in [0, 0.1) is 0 Å². The third-order valence-corrected chi connectivity index (χ3v) is 2.20. The summed E-state index contributed by atoms with van der Waals surface area (Å²) in [6.45, 7) is 1.20. The van der Waals surface area contributed by atoms with Crippen LogP contribution in [0.15, 0.2) is 29.0 Å². The first-order valence-corrected chi connectivity index (χ1v) is 4.88. The van der Waals surface area contributed by atoms with Gasteiger partial charge in [0.15, 0.2) is 0 Å². The van der Waals surface area contributed by atoms with Crippen LogP contribution >= 0.6 is 0 Å². The third kappa shape index (κ3) is 2.10. The van der Waals surface area contributed by atoms with Crippen molar-refractivity contribution in [1.82, 2.24) is 4.98 Å². The number of aromatic nitrogens is 1. The first kappa shape index (κ1) is 11.1. The number of hydrogen-bond donors (Lipinski definition) is 1. The lowest BCUT2D eigenvalue weighted by molar-refractivity contribution is -0.153. The highest BCUT2D eigenvalue weighted by molar-refractivity contribution is 5.89. The van der Waals surface area contributed by atoms with Gasteiger partial charge in [-0.2, -0.15) is 0 Å². The van der Waals surface area contributed by atoms with E-state index in [9.17, 15) is 9.59 Å². The molecule has 0 aliphatic rings. The normalized spacial score (nSPS) is 12.3. The molecule has 1 unspecified atom stereocenters. The summed E-state index contributed by atoms with van der Waals surface area (Å²) in [5.74, 6) is -1.35. The number of fused-ring (bicyclic) bond motifs is 1. The zero-order chi connectivity index (χ0) is 12.4. The van der Waals surface area contributed by atoms with E-state index in [1.807, 2.05) is 0 Å². The van der Waals surface area contributed by atoms with Crippen molar-refractivity contribution in [1.29, 1.82) is 0 Å².